The van der Waals surface area contributed by atoms with Gasteiger partial charge in [0.05, 0.1) is 0 Å². The van der Waals surface area contributed by atoms with Crippen LogP contribution >= 0.6 is 38.0 Å². The van der Waals surface area contributed by atoms with Crippen molar-refractivity contribution in [3.63, 3.8) is 0 Å². The third-order valence-electron chi connectivity index (χ3n) is 2.33. The van der Waals surface area contributed by atoms with Gasteiger partial charge in [-0.2, -0.15) is 0 Å². The standard InChI is InChI=1S/C13H21P.BrH.ClH/c1-4-5-6-7-14-13-9-11(2)8-12(3)10-13;;/h8-10,14H,4-7H2,1-3H3;2*1H. The summed E-state index contributed by atoms with van der Waals surface area (Å²) in [4.78, 5) is 0. The van der Waals surface area contributed by atoms with Gasteiger partial charge in [-0.3, -0.25) is 0 Å². The Balaban J connectivity index is 0. The number of halogens is 2. The molecule has 0 aliphatic carbocycles. The van der Waals surface area contributed by atoms with Gasteiger partial charge in [-0.15, -0.1) is 29.4 Å². The van der Waals surface area contributed by atoms with E-state index in [-0.39, 0.29) is 29.4 Å². The first-order valence-electron chi connectivity index (χ1n) is 5.54. The Bertz CT molecular complexity index is 269. The maximum absolute atomic E-state index is 2.33. The van der Waals surface area contributed by atoms with Crippen molar-refractivity contribution < 1.29 is 0 Å². The highest BCUT2D eigenvalue weighted by atomic mass is 79.9. The van der Waals surface area contributed by atoms with Crippen molar-refractivity contribution in [2.24, 2.45) is 0 Å². The van der Waals surface area contributed by atoms with Crippen LogP contribution in [-0.2, 0) is 0 Å². The molecule has 0 N–H and O–H groups in total. The van der Waals surface area contributed by atoms with Crippen molar-refractivity contribution in [1.82, 2.24) is 0 Å². The van der Waals surface area contributed by atoms with E-state index in [0.29, 0.717) is 0 Å². The molecule has 16 heavy (non-hydrogen) atoms. The zero-order valence-corrected chi connectivity index (χ0v) is 13.9. The van der Waals surface area contributed by atoms with Gasteiger partial charge in [0.25, 0.3) is 0 Å². The highest BCUT2D eigenvalue weighted by Crippen LogP contribution is 2.15. The summed E-state index contributed by atoms with van der Waals surface area (Å²) in [5.74, 6) is 0. The maximum Gasteiger partial charge on any atom is -0.0266 e. The lowest BCUT2D eigenvalue weighted by atomic mass is 10.2. The molecule has 1 aromatic carbocycles. The van der Waals surface area contributed by atoms with Gasteiger partial charge < -0.3 is 0 Å². The predicted octanol–water partition coefficient (Wildman–Crippen LogP) is 4.80. The van der Waals surface area contributed by atoms with E-state index in [9.17, 15) is 0 Å². The fourth-order valence-electron chi connectivity index (χ4n) is 1.68. The van der Waals surface area contributed by atoms with E-state index in [2.05, 4.69) is 39.0 Å². The minimum atomic E-state index is 0. The summed E-state index contributed by atoms with van der Waals surface area (Å²) < 4.78 is 0. The van der Waals surface area contributed by atoms with E-state index in [1.54, 1.807) is 5.30 Å². The first-order chi connectivity index (χ1) is 6.72. The Morgan fingerprint density at radius 1 is 1.00 bits per heavy atom. The van der Waals surface area contributed by atoms with E-state index < -0.39 is 0 Å². The van der Waals surface area contributed by atoms with Crippen LogP contribution in [-0.4, -0.2) is 6.16 Å². The lowest BCUT2D eigenvalue weighted by Crippen LogP contribution is -1.97. The molecule has 1 aromatic rings. The predicted molar refractivity (Wildman–Crippen MR) is 85.8 cm³/mol. The van der Waals surface area contributed by atoms with Gasteiger partial charge in [-0.1, -0.05) is 57.7 Å². The van der Waals surface area contributed by atoms with Crippen LogP contribution in [0, 0.1) is 13.8 Å². The monoisotopic (exact) mass is 324 g/mol. The first-order valence-corrected chi connectivity index (χ1v) is 6.75. The average Bonchev–Trinajstić information content (AvgIpc) is 2.11. The van der Waals surface area contributed by atoms with Crippen molar-refractivity contribution >= 4 is 43.3 Å². The molecule has 0 heterocycles. The summed E-state index contributed by atoms with van der Waals surface area (Å²) in [6.45, 7) is 6.64. The van der Waals surface area contributed by atoms with Crippen molar-refractivity contribution in [2.75, 3.05) is 6.16 Å². The molecule has 3 heteroatoms. The third-order valence-corrected chi connectivity index (χ3v) is 3.63. The molecule has 0 nitrogen and oxygen atoms in total. The molecule has 0 saturated carbocycles. The van der Waals surface area contributed by atoms with Gasteiger partial charge >= 0.3 is 0 Å². The molecule has 0 amide bonds. The molecule has 0 aliphatic heterocycles. The summed E-state index contributed by atoms with van der Waals surface area (Å²) >= 11 is 0. The third kappa shape index (κ3) is 7.65. The van der Waals surface area contributed by atoms with Crippen LogP contribution in [0.25, 0.3) is 0 Å². The SMILES string of the molecule is Br.CCCCCPc1cc(C)cc(C)c1.Cl. The quantitative estimate of drug-likeness (QED) is 0.539. The molecule has 1 unspecified atom stereocenters. The normalized spacial score (nSPS) is 9.94. The number of hydrogen-bond acceptors (Lipinski definition) is 0. The number of aryl methyl sites for hydroxylation is 2. The molecular weight excluding hydrogens is 302 g/mol. The summed E-state index contributed by atoms with van der Waals surface area (Å²) in [6.07, 6.45) is 5.48. The minimum absolute atomic E-state index is 0. The zero-order chi connectivity index (χ0) is 10.4. The molecule has 0 radical (unpaired) electrons. The average molecular weight is 326 g/mol. The molecule has 0 fully saturated rings. The van der Waals surface area contributed by atoms with Crippen LogP contribution in [0.3, 0.4) is 0 Å². The van der Waals surface area contributed by atoms with Crippen LogP contribution in [0.15, 0.2) is 18.2 Å². The Hall–Kier alpha value is 0.420. The highest BCUT2D eigenvalue weighted by molar-refractivity contribution is 8.93. The van der Waals surface area contributed by atoms with Crippen LogP contribution in [0.5, 0.6) is 0 Å². The number of unbranched alkanes of at least 4 members (excludes halogenated alkanes) is 2. The van der Waals surface area contributed by atoms with E-state index in [4.69, 9.17) is 0 Å². The zero-order valence-electron chi connectivity index (χ0n) is 10.4. The largest absolute Gasteiger partial charge is 0.147 e. The smallest absolute Gasteiger partial charge is 0.0266 e. The van der Waals surface area contributed by atoms with Gasteiger partial charge in [-0.25, -0.2) is 0 Å². The first kappa shape index (κ1) is 18.8. The van der Waals surface area contributed by atoms with E-state index in [1.807, 2.05) is 0 Å². The maximum atomic E-state index is 2.33. The van der Waals surface area contributed by atoms with Gasteiger partial charge in [0.2, 0.25) is 0 Å². The molecule has 0 spiro atoms. The van der Waals surface area contributed by atoms with Crippen molar-refractivity contribution in [3.8, 4) is 0 Å². The second kappa shape index (κ2) is 10.6. The van der Waals surface area contributed by atoms with Crippen molar-refractivity contribution in [2.45, 2.75) is 40.0 Å². The van der Waals surface area contributed by atoms with Crippen LogP contribution < -0.4 is 5.30 Å². The minimum Gasteiger partial charge on any atom is -0.147 e. The van der Waals surface area contributed by atoms with Crippen LogP contribution in [0.1, 0.15) is 37.3 Å². The fraction of sp³-hybridized carbons (Fsp3) is 0.538. The van der Waals surface area contributed by atoms with Gasteiger partial charge in [0, 0.05) is 0 Å². The summed E-state index contributed by atoms with van der Waals surface area (Å²) in [5.41, 5.74) is 2.81. The Morgan fingerprint density at radius 2 is 1.56 bits per heavy atom. The Kier molecular flexibility index (Phi) is 12.4. The van der Waals surface area contributed by atoms with Crippen LogP contribution in [0.4, 0.5) is 0 Å². The number of hydrogen-bond donors (Lipinski definition) is 0. The Morgan fingerprint density at radius 3 is 2.06 bits per heavy atom. The molecule has 0 bridgehead atoms. The fourth-order valence-corrected chi connectivity index (χ4v) is 3.06. The lowest BCUT2D eigenvalue weighted by Gasteiger charge is -2.04. The second-order valence-electron chi connectivity index (χ2n) is 4.01. The van der Waals surface area contributed by atoms with Crippen LogP contribution in [0.2, 0.25) is 0 Å². The highest BCUT2D eigenvalue weighted by Gasteiger charge is 1.95. The second-order valence-corrected chi connectivity index (χ2v) is 5.44. The van der Waals surface area contributed by atoms with Gasteiger partial charge in [0.15, 0.2) is 0 Å². The van der Waals surface area contributed by atoms with E-state index >= 15 is 0 Å². The molecule has 1 rings (SSSR count). The molecule has 94 valence electrons. The van der Waals surface area contributed by atoms with Gasteiger partial charge in [-0.05, 0) is 31.7 Å². The van der Waals surface area contributed by atoms with Crippen molar-refractivity contribution in [3.05, 3.63) is 29.3 Å². The summed E-state index contributed by atoms with van der Waals surface area (Å²) in [6, 6.07) is 6.91. The van der Waals surface area contributed by atoms with Gasteiger partial charge in [0.1, 0.15) is 0 Å². The summed E-state index contributed by atoms with van der Waals surface area (Å²) in [5, 5.41) is 1.54. The topological polar surface area (TPSA) is 0 Å². The molecule has 1 atom stereocenters. The summed E-state index contributed by atoms with van der Waals surface area (Å²) in [7, 11) is 1.01. The molecule has 0 aliphatic rings. The lowest BCUT2D eigenvalue weighted by molar-refractivity contribution is 0.778. The molecule has 0 aromatic heterocycles. The van der Waals surface area contributed by atoms with E-state index in [1.165, 1.54) is 36.6 Å². The Labute approximate surface area is 119 Å². The van der Waals surface area contributed by atoms with Crippen molar-refractivity contribution in [1.29, 1.82) is 0 Å². The number of rotatable bonds is 5. The number of benzene rings is 1. The van der Waals surface area contributed by atoms with E-state index in [0.717, 1.165) is 8.58 Å². The molecule has 0 saturated heterocycles. The molecular formula is C13H23BrClP.